The van der Waals surface area contributed by atoms with E-state index >= 15 is 0 Å². The van der Waals surface area contributed by atoms with Crippen LogP contribution in [-0.2, 0) is 0 Å². The Bertz CT molecular complexity index is 812. The van der Waals surface area contributed by atoms with Crippen LogP contribution in [0.3, 0.4) is 0 Å². The van der Waals surface area contributed by atoms with Gasteiger partial charge in [0.2, 0.25) is 0 Å². The minimum absolute atomic E-state index is 0.127. The molecule has 142 valence electrons. The first-order chi connectivity index (χ1) is 13.1. The van der Waals surface area contributed by atoms with Crippen molar-refractivity contribution in [3.05, 3.63) is 59.4 Å². The lowest BCUT2D eigenvalue weighted by atomic mass is 10.1. The van der Waals surface area contributed by atoms with Gasteiger partial charge >= 0.3 is 0 Å². The summed E-state index contributed by atoms with van der Waals surface area (Å²) in [4.78, 5) is 30.2. The van der Waals surface area contributed by atoms with E-state index in [-0.39, 0.29) is 11.9 Å². The van der Waals surface area contributed by atoms with Crippen LogP contribution in [0.4, 0.5) is 0 Å². The molecule has 1 N–H and O–H groups in total. The summed E-state index contributed by atoms with van der Waals surface area (Å²) in [5.74, 6) is 1.95. The van der Waals surface area contributed by atoms with Crippen molar-refractivity contribution in [2.75, 3.05) is 24.7 Å². The van der Waals surface area contributed by atoms with E-state index in [1.165, 1.54) is 0 Å². The highest BCUT2D eigenvalue weighted by Crippen LogP contribution is 2.24. The smallest absolute Gasteiger partial charge is 0.256 e. The summed E-state index contributed by atoms with van der Waals surface area (Å²) in [6.07, 6.45) is 1.51. The number of pyridine rings is 1. The highest BCUT2D eigenvalue weighted by Gasteiger charge is 2.30. The number of benzene rings is 1. The average molecular weight is 386 g/mol. The summed E-state index contributed by atoms with van der Waals surface area (Å²) in [7, 11) is 0. The van der Waals surface area contributed by atoms with Gasteiger partial charge < -0.3 is 14.7 Å². The number of carbonyl (C=O) groups is 2. The first-order valence-electron chi connectivity index (χ1n) is 8.80. The maximum Gasteiger partial charge on any atom is 0.256 e. The Morgan fingerprint density at radius 3 is 3.00 bits per heavy atom. The number of thioether (sulfide) groups is 1. The van der Waals surface area contributed by atoms with Gasteiger partial charge in [0.25, 0.3) is 5.91 Å². The molecule has 2 atom stereocenters. The molecule has 0 spiro atoms. The molecule has 1 aromatic heterocycles. The predicted octanol–water partition coefficient (Wildman–Crippen LogP) is 2.58. The topological polar surface area (TPSA) is 79.7 Å². The third-order valence-electron chi connectivity index (χ3n) is 4.43. The number of aliphatic hydroxyl groups excluding tert-OH is 1. The molecule has 0 bridgehead atoms. The second kappa shape index (κ2) is 9.01. The van der Waals surface area contributed by atoms with Crippen molar-refractivity contribution in [1.29, 1.82) is 0 Å². The fraction of sp³-hybridized carbons (Fsp3) is 0.350. The molecule has 0 aliphatic carbocycles. The zero-order chi connectivity index (χ0) is 19.2. The van der Waals surface area contributed by atoms with Crippen LogP contribution in [0.5, 0.6) is 5.75 Å². The number of nitrogens with zero attached hydrogens (tertiary/aromatic N) is 2. The second-order valence-corrected chi connectivity index (χ2v) is 7.46. The Morgan fingerprint density at radius 1 is 1.41 bits per heavy atom. The molecule has 3 rings (SSSR count). The number of aldehydes is 1. The van der Waals surface area contributed by atoms with Crippen molar-refractivity contribution in [2.45, 2.75) is 19.1 Å². The minimum atomic E-state index is -0.821. The molecule has 1 aromatic carbocycles. The summed E-state index contributed by atoms with van der Waals surface area (Å²) in [6.45, 7) is 2.50. The lowest BCUT2D eigenvalue weighted by Crippen LogP contribution is -2.49. The molecule has 6 nitrogen and oxygen atoms in total. The van der Waals surface area contributed by atoms with Gasteiger partial charge in [-0.25, -0.2) is 0 Å². The molecule has 1 aliphatic heterocycles. The van der Waals surface area contributed by atoms with Crippen LogP contribution < -0.4 is 4.74 Å². The number of aliphatic hydroxyl groups is 1. The van der Waals surface area contributed by atoms with Crippen molar-refractivity contribution in [3.63, 3.8) is 0 Å². The summed E-state index contributed by atoms with van der Waals surface area (Å²) in [5, 5.41) is 9.93. The van der Waals surface area contributed by atoms with Crippen LogP contribution >= 0.6 is 11.8 Å². The molecule has 0 radical (unpaired) electrons. The normalized spacial score (nSPS) is 18.0. The minimum Gasteiger partial charge on any atom is -0.491 e. The van der Waals surface area contributed by atoms with Gasteiger partial charge in [-0.05, 0) is 31.2 Å². The summed E-state index contributed by atoms with van der Waals surface area (Å²) in [6, 6.07) is 10.3. The number of amides is 1. The zero-order valence-electron chi connectivity index (χ0n) is 15.1. The van der Waals surface area contributed by atoms with Crippen LogP contribution in [0.15, 0.2) is 42.6 Å². The van der Waals surface area contributed by atoms with E-state index in [0.717, 1.165) is 17.8 Å². The fourth-order valence-electron chi connectivity index (χ4n) is 3.04. The SMILES string of the molecule is C[C@H](O)c1ncccc1C(=O)N1CCSC[C@H]1COc1ccccc1C=O. The number of para-hydroxylation sites is 1. The standard InChI is InChI=1S/C20H22N2O4S/c1-14(24)19-17(6-4-8-21-19)20(25)22-9-10-27-13-16(22)12-26-18-7-3-2-5-15(18)11-23/h2-8,11,14,16,24H,9-10,12-13H2,1H3/t14-,16+/m0/s1. The van der Waals surface area contributed by atoms with Crippen LogP contribution in [0.25, 0.3) is 0 Å². The Morgan fingerprint density at radius 2 is 2.22 bits per heavy atom. The van der Waals surface area contributed by atoms with Gasteiger partial charge in [0, 0.05) is 24.2 Å². The van der Waals surface area contributed by atoms with E-state index in [4.69, 9.17) is 4.74 Å². The first kappa shape index (κ1) is 19.4. The van der Waals surface area contributed by atoms with Crippen molar-refractivity contribution in [1.82, 2.24) is 9.88 Å². The quantitative estimate of drug-likeness (QED) is 0.769. The maximum atomic E-state index is 13.1. The third-order valence-corrected chi connectivity index (χ3v) is 5.52. The van der Waals surface area contributed by atoms with Crippen LogP contribution in [0.1, 0.15) is 39.4 Å². The van der Waals surface area contributed by atoms with Crippen molar-refractivity contribution < 1.29 is 19.4 Å². The summed E-state index contributed by atoms with van der Waals surface area (Å²) in [5.41, 5.74) is 1.28. The highest BCUT2D eigenvalue weighted by molar-refractivity contribution is 7.99. The molecule has 27 heavy (non-hydrogen) atoms. The summed E-state index contributed by atoms with van der Waals surface area (Å²) < 4.78 is 5.86. The molecule has 1 amide bonds. The zero-order valence-corrected chi connectivity index (χ0v) is 15.9. The predicted molar refractivity (Wildman–Crippen MR) is 104 cm³/mol. The van der Waals surface area contributed by atoms with Gasteiger partial charge in [-0.3, -0.25) is 14.6 Å². The van der Waals surface area contributed by atoms with E-state index < -0.39 is 6.10 Å². The van der Waals surface area contributed by atoms with Crippen LogP contribution in [0.2, 0.25) is 0 Å². The number of hydrogen-bond acceptors (Lipinski definition) is 6. The fourth-order valence-corrected chi connectivity index (χ4v) is 4.08. The Labute approximate surface area is 162 Å². The number of carbonyl (C=O) groups excluding carboxylic acids is 2. The van der Waals surface area contributed by atoms with Gasteiger partial charge in [0.15, 0.2) is 6.29 Å². The van der Waals surface area contributed by atoms with Gasteiger partial charge in [0.05, 0.1) is 29.0 Å². The molecule has 1 aliphatic rings. The van der Waals surface area contributed by atoms with E-state index in [1.54, 1.807) is 60.1 Å². The molecular weight excluding hydrogens is 364 g/mol. The average Bonchev–Trinajstić information content (AvgIpc) is 2.72. The Balaban J connectivity index is 1.77. The maximum absolute atomic E-state index is 13.1. The monoisotopic (exact) mass is 386 g/mol. The van der Waals surface area contributed by atoms with Gasteiger partial charge in [-0.2, -0.15) is 11.8 Å². The van der Waals surface area contributed by atoms with Crippen molar-refractivity contribution in [2.24, 2.45) is 0 Å². The van der Waals surface area contributed by atoms with Gasteiger partial charge in [0.1, 0.15) is 12.4 Å². The summed E-state index contributed by atoms with van der Waals surface area (Å²) >= 11 is 1.77. The highest BCUT2D eigenvalue weighted by atomic mass is 32.2. The second-order valence-electron chi connectivity index (χ2n) is 6.31. The van der Waals surface area contributed by atoms with E-state index in [2.05, 4.69) is 4.98 Å². The number of ether oxygens (including phenoxy) is 1. The molecule has 0 saturated carbocycles. The molecule has 2 heterocycles. The molecular formula is C20H22N2O4S. The van der Waals surface area contributed by atoms with Crippen LogP contribution in [-0.4, -0.2) is 57.9 Å². The molecule has 1 saturated heterocycles. The Hall–Kier alpha value is -2.38. The van der Waals surface area contributed by atoms with Gasteiger partial charge in [-0.15, -0.1) is 0 Å². The van der Waals surface area contributed by atoms with Crippen molar-refractivity contribution >= 4 is 24.0 Å². The molecule has 1 fully saturated rings. The largest absolute Gasteiger partial charge is 0.491 e. The van der Waals surface area contributed by atoms with E-state index in [9.17, 15) is 14.7 Å². The Kier molecular flexibility index (Phi) is 6.47. The molecule has 7 heteroatoms. The number of rotatable bonds is 6. The van der Waals surface area contributed by atoms with E-state index in [0.29, 0.717) is 35.7 Å². The third kappa shape index (κ3) is 4.48. The number of hydrogen-bond donors (Lipinski definition) is 1. The molecule has 2 aromatic rings. The van der Waals surface area contributed by atoms with Crippen LogP contribution in [0, 0.1) is 0 Å². The van der Waals surface area contributed by atoms with Gasteiger partial charge in [-0.1, -0.05) is 12.1 Å². The molecule has 0 unspecified atom stereocenters. The first-order valence-corrected chi connectivity index (χ1v) is 9.96. The van der Waals surface area contributed by atoms with E-state index in [1.807, 2.05) is 6.07 Å². The van der Waals surface area contributed by atoms with Crippen molar-refractivity contribution in [3.8, 4) is 5.75 Å². The lowest BCUT2D eigenvalue weighted by Gasteiger charge is -2.35. The number of aromatic nitrogens is 1. The lowest BCUT2D eigenvalue weighted by molar-refractivity contribution is 0.0640.